The van der Waals surface area contributed by atoms with E-state index < -0.39 is 0 Å². The molecule has 1 aliphatic rings. The molecule has 1 N–H and O–H groups in total. The summed E-state index contributed by atoms with van der Waals surface area (Å²) in [4.78, 5) is 12.0. The molecule has 0 atom stereocenters. The van der Waals surface area contributed by atoms with E-state index in [1.165, 1.54) is 11.1 Å². The first-order chi connectivity index (χ1) is 9.58. The van der Waals surface area contributed by atoms with Gasteiger partial charge in [-0.3, -0.25) is 4.79 Å². The number of aryl methyl sites for hydroxylation is 2. The lowest BCUT2D eigenvalue weighted by Gasteiger charge is -2.04. The van der Waals surface area contributed by atoms with E-state index in [9.17, 15) is 4.79 Å². The van der Waals surface area contributed by atoms with E-state index in [4.69, 9.17) is 5.21 Å². The van der Waals surface area contributed by atoms with Crippen LogP contribution in [0.2, 0.25) is 0 Å². The van der Waals surface area contributed by atoms with Gasteiger partial charge in [0.2, 0.25) is 0 Å². The average Bonchev–Trinajstić information content (AvgIpc) is 2.44. The predicted molar refractivity (Wildman–Crippen MR) is 80.2 cm³/mol. The van der Waals surface area contributed by atoms with Gasteiger partial charge in [0.25, 0.3) is 0 Å². The molecule has 1 aliphatic carbocycles. The molecule has 0 aromatic heterocycles. The Hall–Kier alpha value is -2.42. The van der Waals surface area contributed by atoms with Gasteiger partial charge in [0.1, 0.15) is 5.71 Å². The monoisotopic (exact) mass is 267 g/mol. The van der Waals surface area contributed by atoms with Gasteiger partial charge in [0.15, 0.2) is 5.78 Å². The van der Waals surface area contributed by atoms with Gasteiger partial charge in [-0.05, 0) is 54.3 Å². The average molecular weight is 267 g/mol. The van der Waals surface area contributed by atoms with Gasteiger partial charge in [-0.1, -0.05) is 35.5 Å². The Bertz CT molecular complexity index is 631. The maximum atomic E-state index is 12.0. The zero-order valence-corrected chi connectivity index (χ0v) is 11.6. The van der Waals surface area contributed by atoms with Crippen molar-refractivity contribution in [1.29, 1.82) is 0 Å². The summed E-state index contributed by atoms with van der Waals surface area (Å²) >= 11 is 0. The fourth-order valence-electron chi connectivity index (χ4n) is 1.99. The maximum Gasteiger partial charge on any atom is 0.160 e. The van der Waals surface area contributed by atoms with Gasteiger partial charge in [-0.2, -0.15) is 0 Å². The number of ketones is 1. The van der Waals surface area contributed by atoms with E-state index in [0.717, 1.165) is 11.1 Å². The number of carbonyl (C=O) groups excluding carboxylic acids is 1. The van der Waals surface area contributed by atoms with Crippen molar-refractivity contribution >= 4 is 11.5 Å². The van der Waals surface area contributed by atoms with Crippen LogP contribution in [0, 0.1) is 13.8 Å². The van der Waals surface area contributed by atoms with Crippen LogP contribution in [0.5, 0.6) is 0 Å². The maximum absolute atomic E-state index is 12.0. The van der Waals surface area contributed by atoms with Crippen LogP contribution < -0.4 is 0 Å². The summed E-state index contributed by atoms with van der Waals surface area (Å²) in [6.07, 6.45) is 8.84. The number of allylic oxidation sites excluding steroid dienone is 6. The minimum absolute atomic E-state index is 0.0574. The zero-order valence-electron chi connectivity index (χ0n) is 11.6. The highest BCUT2D eigenvalue weighted by Gasteiger charge is 2.04. The van der Waals surface area contributed by atoms with E-state index in [1.54, 1.807) is 30.4 Å². The van der Waals surface area contributed by atoms with Crippen molar-refractivity contribution in [2.24, 2.45) is 5.16 Å². The molecule has 0 saturated carbocycles. The number of hydrogen-bond donors (Lipinski definition) is 1. The summed E-state index contributed by atoms with van der Waals surface area (Å²) in [6.45, 7) is 4.10. The van der Waals surface area contributed by atoms with Gasteiger partial charge in [-0.15, -0.1) is 0 Å². The van der Waals surface area contributed by atoms with Gasteiger partial charge in [0.05, 0.1) is 0 Å². The van der Waals surface area contributed by atoms with Crippen molar-refractivity contribution in [1.82, 2.24) is 0 Å². The lowest BCUT2D eigenvalue weighted by Crippen LogP contribution is -2.01. The molecule has 1 aromatic carbocycles. The molecule has 0 saturated heterocycles. The molecule has 0 spiro atoms. The summed E-state index contributed by atoms with van der Waals surface area (Å²) in [5.41, 5.74) is 4.74. The minimum atomic E-state index is 0.0574. The van der Waals surface area contributed by atoms with Crippen molar-refractivity contribution in [2.75, 3.05) is 0 Å². The third-order valence-electron chi connectivity index (χ3n) is 3.29. The molecular weight excluding hydrogens is 250 g/mol. The second-order valence-electron chi connectivity index (χ2n) is 4.90. The Labute approximate surface area is 118 Å². The highest BCUT2D eigenvalue weighted by molar-refractivity contribution is 6.06. The predicted octanol–water partition coefficient (Wildman–Crippen LogP) is 3.30. The van der Waals surface area contributed by atoms with Crippen LogP contribution in [0.1, 0.15) is 16.7 Å². The summed E-state index contributed by atoms with van der Waals surface area (Å²) in [7, 11) is 0. The van der Waals surface area contributed by atoms with E-state index in [0.29, 0.717) is 12.1 Å². The first kappa shape index (κ1) is 14.0. The minimum Gasteiger partial charge on any atom is -0.410 e. The molecule has 0 heterocycles. The van der Waals surface area contributed by atoms with Crippen molar-refractivity contribution in [3.63, 3.8) is 0 Å². The molecule has 0 aliphatic heterocycles. The molecule has 2 rings (SSSR count). The first-order valence-corrected chi connectivity index (χ1v) is 6.47. The largest absolute Gasteiger partial charge is 0.410 e. The first-order valence-electron chi connectivity index (χ1n) is 6.47. The molecule has 3 nitrogen and oxygen atoms in total. The summed E-state index contributed by atoms with van der Waals surface area (Å²) < 4.78 is 0. The molecule has 0 bridgehead atoms. The topological polar surface area (TPSA) is 49.7 Å². The lowest BCUT2D eigenvalue weighted by atomic mass is 10.0. The van der Waals surface area contributed by atoms with Crippen LogP contribution >= 0.6 is 0 Å². The molecular formula is C17H17NO2. The summed E-state index contributed by atoms with van der Waals surface area (Å²) in [6, 6.07) is 6.08. The van der Waals surface area contributed by atoms with Crippen molar-refractivity contribution < 1.29 is 10.0 Å². The van der Waals surface area contributed by atoms with Gasteiger partial charge >= 0.3 is 0 Å². The van der Waals surface area contributed by atoms with Gasteiger partial charge in [0, 0.05) is 6.42 Å². The van der Waals surface area contributed by atoms with Crippen LogP contribution in [-0.4, -0.2) is 16.7 Å². The molecule has 0 unspecified atom stereocenters. The normalized spacial score (nSPS) is 13.5. The molecule has 0 radical (unpaired) electrons. The fraction of sp³-hybridized carbons (Fsp3) is 0.176. The van der Waals surface area contributed by atoms with Crippen molar-refractivity contribution in [3.05, 3.63) is 70.8 Å². The van der Waals surface area contributed by atoms with Crippen LogP contribution in [0.3, 0.4) is 0 Å². The molecule has 0 amide bonds. The van der Waals surface area contributed by atoms with E-state index in [2.05, 4.69) is 18.1 Å². The fourth-order valence-corrected chi connectivity index (χ4v) is 1.99. The van der Waals surface area contributed by atoms with Crippen LogP contribution in [0.15, 0.2) is 59.3 Å². The smallest absolute Gasteiger partial charge is 0.160 e. The highest BCUT2D eigenvalue weighted by atomic mass is 16.4. The molecule has 3 heteroatoms. The third-order valence-corrected chi connectivity index (χ3v) is 3.29. The standard InChI is InChI=1S/C17H17NO2/c1-12-3-4-15(9-13(12)2)11-17(19)10-14-5-7-16(18-20)8-6-14/h3-10,20H,11H2,1-2H3. The van der Waals surface area contributed by atoms with Gasteiger partial charge in [-0.25, -0.2) is 0 Å². The quantitative estimate of drug-likeness (QED) is 0.519. The Morgan fingerprint density at radius 3 is 2.45 bits per heavy atom. The Kier molecular flexibility index (Phi) is 4.31. The van der Waals surface area contributed by atoms with Crippen LogP contribution in [0.4, 0.5) is 0 Å². The Morgan fingerprint density at radius 2 is 1.85 bits per heavy atom. The van der Waals surface area contributed by atoms with E-state index in [-0.39, 0.29) is 5.78 Å². The van der Waals surface area contributed by atoms with E-state index in [1.807, 2.05) is 19.1 Å². The SMILES string of the molecule is Cc1ccc(CC(=O)C=C2C=CC(=NO)C=C2)cc1C. The number of oxime groups is 1. The Morgan fingerprint density at radius 1 is 1.15 bits per heavy atom. The number of rotatable bonds is 3. The van der Waals surface area contributed by atoms with Crippen LogP contribution in [-0.2, 0) is 11.2 Å². The number of benzene rings is 1. The van der Waals surface area contributed by atoms with Crippen LogP contribution in [0.25, 0.3) is 0 Å². The molecule has 20 heavy (non-hydrogen) atoms. The lowest BCUT2D eigenvalue weighted by molar-refractivity contribution is -0.114. The zero-order chi connectivity index (χ0) is 14.5. The molecule has 0 fully saturated rings. The second kappa shape index (κ2) is 6.15. The molecule has 102 valence electrons. The summed E-state index contributed by atoms with van der Waals surface area (Å²) in [5, 5.41) is 11.7. The second-order valence-corrected chi connectivity index (χ2v) is 4.90. The molecule has 1 aromatic rings. The van der Waals surface area contributed by atoms with Gasteiger partial charge < -0.3 is 5.21 Å². The van der Waals surface area contributed by atoms with Crippen molar-refractivity contribution in [2.45, 2.75) is 20.3 Å². The third kappa shape index (κ3) is 3.54. The van der Waals surface area contributed by atoms with Crippen molar-refractivity contribution in [3.8, 4) is 0 Å². The summed E-state index contributed by atoms with van der Waals surface area (Å²) in [5.74, 6) is 0.0574. The highest BCUT2D eigenvalue weighted by Crippen LogP contribution is 2.12. The number of hydrogen-bond acceptors (Lipinski definition) is 3. The number of nitrogens with zero attached hydrogens (tertiary/aromatic N) is 1. The number of carbonyl (C=O) groups is 1. The van der Waals surface area contributed by atoms with E-state index >= 15 is 0 Å². The Balaban J connectivity index is 2.06.